The van der Waals surface area contributed by atoms with Crippen LogP contribution < -0.4 is 5.73 Å². The zero-order valence-electron chi connectivity index (χ0n) is 7.77. The lowest BCUT2D eigenvalue weighted by atomic mass is 10.1. The molecule has 0 atom stereocenters. The van der Waals surface area contributed by atoms with E-state index in [-0.39, 0.29) is 13.2 Å². The second kappa shape index (κ2) is 4.75. The number of nitrogens with two attached hydrogens (primary N) is 1. The summed E-state index contributed by atoms with van der Waals surface area (Å²) in [6.07, 6.45) is 2.35. The Morgan fingerprint density at radius 1 is 1.27 bits per heavy atom. The summed E-state index contributed by atoms with van der Waals surface area (Å²) in [5, 5.41) is 10.8. The van der Waals surface area contributed by atoms with E-state index in [4.69, 9.17) is 5.73 Å². The normalized spacial score (nSPS) is 9.93. The minimum atomic E-state index is 0. The maximum Gasteiger partial charge on any atom is 0.145 e. The van der Waals surface area contributed by atoms with Crippen molar-refractivity contribution in [2.24, 2.45) is 5.73 Å². The molecule has 3 nitrogen and oxygen atoms in total. The third-order valence-electron chi connectivity index (χ3n) is 2.25. The molecule has 0 aliphatic heterocycles. The van der Waals surface area contributed by atoms with Crippen molar-refractivity contribution in [3.63, 3.8) is 0 Å². The van der Waals surface area contributed by atoms with Crippen LogP contribution in [0.15, 0.2) is 30.5 Å². The highest BCUT2D eigenvalue weighted by Gasteiger charge is 2.05. The van der Waals surface area contributed by atoms with Gasteiger partial charge in [-0.2, -0.15) is 0 Å². The third-order valence-corrected chi connectivity index (χ3v) is 2.25. The van der Waals surface area contributed by atoms with Crippen molar-refractivity contribution in [1.82, 2.24) is 4.98 Å². The molecule has 0 spiro atoms. The molecule has 80 valence electrons. The van der Waals surface area contributed by atoms with Crippen molar-refractivity contribution in [2.45, 2.75) is 13.8 Å². The molecule has 0 fully saturated rings. The van der Waals surface area contributed by atoms with Crippen LogP contribution in [0.25, 0.3) is 10.9 Å². The van der Waals surface area contributed by atoms with Crippen LogP contribution in [0.2, 0.25) is 0 Å². The Balaban J connectivity index is 0.00000112. The van der Waals surface area contributed by atoms with Crippen LogP contribution in [0.1, 0.15) is 13.0 Å². The second-order valence-electron chi connectivity index (χ2n) is 3.19. The highest BCUT2D eigenvalue weighted by Crippen LogP contribution is 2.26. The van der Waals surface area contributed by atoms with E-state index in [1.165, 1.54) is 0 Å². The Kier molecular flexibility index (Phi) is 3.63. The first-order chi connectivity index (χ1) is 6.83. The Morgan fingerprint density at radius 3 is 2.80 bits per heavy atom. The molecule has 1 heterocycles. The molecule has 15 heavy (non-hydrogen) atoms. The van der Waals surface area contributed by atoms with Crippen LogP contribution in [-0.2, 0) is 6.42 Å². The van der Waals surface area contributed by atoms with E-state index in [0.29, 0.717) is 18.5 Å². The molecule has 0 amide bonds. The first-order valence-corrected chi connectivity index (χ1v) is 4.58. The molecule has 2 aromatic rings. The molecule has 0 saturated carbocycles. The minimum absolute atomic E-state index is 0. The number of pyridine rings is 1. The van der Waals surface area contributed by atoms with Gasteiger partial charge in [-0.3, -0.25) is 4.98 Å². The maximum atomic E-state index is 9.86. The lowest BCUT2D eigenvalue weighted by Crippen LogP contribution is -2.02. The smallest absolute Gasteiger partial charge is 0.145 e. The number of hydrogen-bond donors (Lipinski definition) is 2. The van der Waals surface area contributed by atoms with E-state index in [0.717, 1.165) is 10.9 Å². The topological polar surface area (TPSA) is 59.1 Å². The lowest BCUT2D eigenvalue weighted by Gasteiger charge is -2.05. The summed E-state index contributed by atoms with van der Waals surface area (Å²) in [5.41, 5.74) is 6.95. The highest BCUT2D eigenvalue weighted by molar-refractivity contribution is 5.85. The number of aromatic nitrogens is 1. The predicted molar refractivity (Wildman–Crippen MR) is 62.9 cm³/mol. The van der Waals surface area contributed by atoms with Crippen molar-refractivity contribution in [3.05, 3.63) is 36.0 Å². The number of rotatable bonds is 2. The van der Waals surface area contributed by atoms with Crippen LogP contribution >= 0.6 is 0 Å². The molecule has 0 bridgehead atoms. The predicted octanol–water partition coefficient (Wildman–Crippen LogP) is 2.08. The number of fused-ring (bicyclic) bond motifs is 1. The first-order valence-electron chi connectivity index (χ1n) is 4.58. The minimum Gasteiger partial charge on any atom is -0.505 e. The van der Waals surface area contributed by atoms with E-state index < -0.39 is 0 Å². The molecule has 3 heteroatoms. The van der Waals surface area contributed by atoms with Crippen LogP contribution in [0.4, 0.5) is 0 Å². The summed E-state index contributed by atoms with van der Waals surface area (Å²) in [7, 11) is 0. The van der Waals surface area contributed by atoms with Gasteiger partial charge in [-0.1, -0.05) is 25.6 Å². The van der Waals surface area contributed by atoms with Gasteiger partial charge < -0.3 is 10.8 Å². The van der Waals surface area contributed by atoms with Crippen molar-refractivity contribution < 1.29 is 5.11 Å². The van der Waals surface area contributed by atoms with Gasteiger partial charge in [-0.25, -0.2) is 0 Å². The summed E-state index contributed by atoms with van der Waals surface area (Å²) in [6.45, 7) is 0.534. The summed E-state index contributed by atoms with van der Waals surface area (Å²) >= 11 is 0. The van der Waals surface area contributed by atoms with Crippen LogP contribution in [0.5, 0.6) is 5.75 Å². The molecule has 3 N–H and O–H groups in total. The Hall–Kier alpha value is -1.61. The van der Waals surface area contributed by atoms with Crippen LogP contribution in [-0.4, -0.2) is 16.6 Å². The average Bonchev–Trinajstić information content (AvgIpc) is 2.23. The quantitative estimate of drug-likeness (QED) is 0.787. The van der Waals surface area contributed by atoms with Crippen molar-refractivity contribution >= 4 is 10.9 Å². The number of phenols is 1. The van der Waals surface area contributed by atoms with Gasteiger partial charge in [-0.05, 0) is 24.6 Å². The van der Waals surface area contributed by atoms with Crippen LogP contribution in [0, 0.1) is 0 Å². The van der Waals surface area contributed by atoms with E-state index in [1.54, 1.807) is 6.20 Å². The van der Waals surface area contributed by atoms with Crippen molar-refractivity contribution in [3.8, 4) is 5.75 Å². The highest BCUT2D eigenvalue weighted by atomic mass is 16.3. The molecule has 0 radical (unpaired) electrons. The molecule has 0 aliphatic rings. The van der Waals surface area contributed by atoms with Gasteiger partial charge in [0.25, 0.3) is 0 Å². The average molecular weight is 204 g/mol. The summed E-state index contributed by atoms with van der Waals surface area (Å²) < 4.78 is 0. The monoisotopic (exact) mass is 204 g/mol. The maximum absolute atomic E-state index is 9.86. The largest absolute Gasteiger partial charge is 0.505 e. The Morgan fingerprint density at radius 2 is 2.07 bits per heavy atom. The summed E-state index contributed by atoms with van der Waals surface area (Å²) in [4.78, 5) is 4.13. The zero-order chi connectivity index (χ0) is 9.97. The number of aromatic hydroxyl groups is 1. The molecule has 1 aromatic heterocycles. The number of nitrogens with zero attached hydrogens (tertiary/aromatic N) is 1. The van der Waals surface area contributed by atoms with Gasteiger partial charge in [0.05, 0.1) is 0 Å². The number of hydrogen-bond acceptors (Lipinski definition) is 3. The van der Waals surface area contributed by atoms with Gasteiger partial charge in [0.15, 0.2) is 0 Å². The third kappa shape index (κ3) is 2.07. The van der Waals surface area contributed by atoms with E-state index in [9.17, 15) is 5.11 Å². The lowest BCUT2D eigenvalue weighted by molar-refractivity contribution is 0.473. The van der Waals surface area contributed by atoms with Crippen molar-refractivity contribution in [1.29, 1.82) is 0 Å². The second-order valence-corrected chi connectivity index (χ2v) is 3.19. The number of benzene rings is 1. The zero-order valence-corrected chi connectivity index (χ0v) is 7.77. The molecule has 0 saturated heterocycles. The molecule has 2 rings (SSSR count). The fraction of sp³-hybridized carbons (Fsp3) is 0.250. The van der Waals surface area contributed by atoms with E-state index in [2.05, 4.69) is 4.98 Å². The summed E-state index contributed by atoms with van der Waals surface area (Å²) in [6, 6.07) is 7.62. The van der Waals surface area contributed by atoms with Crippen molar-refractivity contribution in [2.75, 3.05) is 6.54 Å². The fourth-order valence-electron chi connectivity index (χ4n) is 1.53. The van der Waals surface area contributed by atoms with Gasteiger partial charge in [0.2, 0.25) is 0 Å². The molecule has 0 aliphatic carbocycles. The fourth-order valence-corrected chi connectivity index (χ4v) is 1.53. The van der Waals surface area contributed by atoms with Gasteiger partial charge in [-0.15, -0.1) is 0 Å². The number of phenolic OH excluding ortho intramolecular Hbond substituents is 1. The van der Waals surface area contributed by atoms with Gasteiger partial charge in [0.1, 0.15) is 11.3 Å². The van der Waals surface area contributed by atoms with Crippen LogP contribution in [0.3, 0.4) is 0 Å². The SMILES string of the molecule is C.NCCc1ccc2cccnc2c1O. The molecular formula is C12H16N2O. The van der Waals surface area contributed by atoms with Gasteiger partial charge >= 0.3 is 0 Å². The standard InChI is InChI=1S/C11H12N2O.CH4/c12-6-5-9-4-3-8-2-1-7-13-10(8)11(9)14;/h1-4,7,14H,5-6,12H2;1H4. The van der Waals surface area contributed by atoms with E-state index in [1.807, 2.05) is 24.3 Å². The summed E-state index contributed by atoms with van der Waals surface area (Å²) in [5.74, 6) is 0.258. The van der Waals surface area contributed by atoms with E-state index >= 15 is 0 Å². The van der Waals surface area contributed by atoms with Gasteiger partial charge in [0, 0.05) is 11.6 Å². The molecule has 1 aromatic carbocycles. The first kappa shape index (κ1) is 11.5. The molecular weight excluding hydrogens is 188 g/mol. The Bertz CT molecular complexity index is 454. The Labute approximate surface area is 89.6 Å². The molecule has 0 unspecified atom stereocenters.